The third-order valence-corrected chi connectivity index (χ3v) is 2.68. The van der Waals surface area contributed by atoms with Gasteiger partial charge in [0.15, 0.2) is 0 Å². The Hall–Kier alpha value is -0.780. The van der Waals surface area contributed by atoms with Gasteiger partial charge in [0.25, 0.3) is 0 Å². The van der Waals surface area contributed by atoms with E-state index in [1.54, 1.807) is 0 Å². The molecule has 0 aliphatic carbocycles. The van der Waals surface area contributed by atoms with Crippen molar-refractivity contribution in [1.29, 1.82) is 0 Å². The zero-order valence-electron chi connectivity index (χ0n) is 7.63. The van der Waals surface area contributed by atoms with Gasteiger partial charge in [-0.3, -0.25) is 0 Å². The Balaban J connectivity index is 0.000000245. The second kappa shape index (κ2) is 5.95. The van der Waals surface area contributed by atoms with E-state index < -0.39 is 6.68 Å². The summed E-state index contributed by atoms with van der Waals surface area (Å²) in [7, 11) is 0. The number of fused-ring (bicyclic) bond motifs is 1. The molecule has 80 valence electrons. The van der Waals surface area contributed by atoms with Crippen LogP contribution in [-0.2, 0) is 0 Å². The highest BCUT2D eigenvalue weighted by atomic mass is 127. The van der Waals surface area contributed by atoms with Crippen LogP contribution in [0.15, 0.2) is 42.5 Å². The molecule has 0 nitrogen and oxygen atoms in total. The number of halogens is 4. The SMILES string of the molecule is FC(F)F.Ic1cccc2ccccc12. The molecule has 0 radical (unpaired) electrons. The van der Waals surface area contributed by atoms with E-state index in [0.29, 0.717) is 0 Å². The normalized spacial score (nSPS) is 9.93. The molecule has 2 aromatic carbocycles. The van der Waals surface area contributed by atoms with Crippen molar-refractivity contribution in [2.75, 3.05) is 0 Å². The molecule has 0 atom stereocenters. The number of benzene rings is 2. The van der Waals surface area contributed by atoms with Crippen molar-refractivity contribution in [1.82, 2.24) is 0 Å². The summed E-state index contributed by atoms with van der Waals surface area (Å²) in [5, 5.41) is 2.66. The molecule has 0 heterocycles. The molecule has 0 aliphatic rings. The maximum atomic E-state index is 9.67. The Morgan fingerprint density at radius 1 is 0.867 bits per heavy atom. The van der Waals surface area contributed by atoms with Gasteiger partial charge in [-0.15, -0.1) is 0 Å². The molecular formula is C11H8F3I. The largest absolute Gasteiger partial charge is 0.379 e. The smallest absolute Gasteiger partial charge is 0.174 e. The van der Waals surface area contributed by atoms with E-state index in [0.717, 1.165) is 0 Å². The highest BCUT2D eigenvalue weighted by molar-refractivity contribution is 14.1. The summed E-state index contributed by atoms with van der Waals surface area (Å²) in [5.41, 5.74) is 0. The van der Waals surface area contributed by atoms with Crippen molar-refractivity contribution in [2.24, 2.45) is 0 Å². The highest BCUT2D eigenvalue weighted by Gasteiger charge is 1.93. The second-order valence-electron chi connectivity index (χ2n) is 2.71. The lowest BCUT2D eigenvalue weighted by Crippen LogP contribution is -1.74. The van der Waals surface area contributed by atoms with E-state index in [1.807, 2.05) is 0 Å². The first-order chi connectivity index (χ1) is 7.11. The van der Waals surface area contributed by atoms with E-state index in [4.69, 9.17) is 0 Å². The van der Waals surface area contributed by atoms with Gasteiger partial charge in [-0.1, -0.05) is 36.4 Å². The average molecular weight is 324 g/mol. The van der Waals surface area contributed by atoms with Gasteiger partial charge in [0.2, 0.25) is 0 Å². The maximum Gasteiger partial charge on any atom is 0.379 e. The topological polar surface area (TPSA) is 0 Å². The van der Waals surface area contributed by atoms with E-state index in [2.05, 4.69) is 65.1 Å². The Morgan fingerprint density at radius 3 is 2.00 bits per heavy atom. The van der Waals surface area contributed by atoms with E-state index in [-0.39, 0.29) is 0 Å². The van der Waals surface area contributed by atoms with Crippen LogP contribution < -0.4 is 0 Å². The van der Waals surface area contributed by atoms with Gasteiger partial charge in [0.1, 0.15) is 0 Å². The lowest BCUT2D eigenvalue weighted by Gasteiger charge is -1.97. The Kier molecular flexibility index (Phi) is 4.87. The summed E-state index contributed by atoms with van der Waals surface area (Å²) in [5.74, 6) is 0. The minimum atomic E-state index is -3.67. The number of rotatable bonds is 0. The molecular weight excluding hydrogens is 316 g/mol. The first kappa shape index (κ1) is 12.3. The first-order valence-electron chi connectivity index (χ1n) is 4.17. The molecule has 0 saturated carbocycles. The van der Waals surface area contributed by atoms with Crippen LogP contribution in [0.25, 0.3) is 10.8 Å². The summed E-state index contributed by atoms with van der Waals surface area (Å²) in [6.45, 7) is -3.67. The predicted octanol–water partition coefficient (Wildman–Crippen LogP) is 4.62. The van der Waals surface area contributed by atoms with Crippen LogP contribution in [0.5, 0.6) is 0 Å². The number of hydrogen-bond acceptors (Lipinski definition) is 0. The molecule has 0 fully saturated rings. The zero-order valence-corrected chi connectivity index (χ0v) is 9.79. The second-order valence-corrected chi connectivity index (χ2v) is 3.87. The van der Waals surface area contributed by atoms with Gasteiger partial charge >= 0.3 is 6.68 Å². The van der Waals surface area contributed by atoms with Gasteiger partial charge < -0.3 is 0 Å². The Bertz CT molecular complexity index is 421. The number of hydrogen-bond donors (Lipinski definition) is 0. The Morgan fingerprint density at radius 2 is 1.40 bits per heavy atom. The van der Waals surface area contributed by atoms with Crippen LogP contribution in [0, 0.1) is 3.57 Å². The van der Waals surface area contributed by atoms with Gasteiger partial charge in [-0.05, 0) is 39.4 Å². The third-order valence-electron chi connectivity index (χ3n) is 1.74. The number of alkyl halides is 3. The molecule has 15 heavy (non-hydrogen) atoms. The molecule has 0 amide bonds. The molecule has 0 N–H and O–H groups in total. The predicted molar refractivity (Wildman–Crippen MR) is 63.8 cm³/mol. The van der Waals surface area contributed by atoms with Crippen LogP contribution in [0.4, 0.5) is 13.2 Å². The summed E-state index contributed by atoms with van der Waals surface area (Å²) in [6, 6.07) is 14.8. The van der Waals surface area contributed by atoms with Gasteiger partial charge in [0, 0.05) is 3.57 Å². The van der Waals surface area contributed by atoms with Crippen molar-refractivity contribution < 1.29 is 13.2 Å². The van der Waals surface area contributed by atoms with Crippen LogP contribution in [0.1, 0.15) is 0 Å². The molecule has 2 rings (SSSR count). The zero-order chi connectivity index (χ0) is 11.3. The first-order valence-corrected chi connectivity index (χ1v) is 5.24. The molecule has 4 heteroatoms. The van der Waals surface area contributed by atoms with Crippen LogP contribution in [0.2, 0.25) is 0 Å². The van der Waals surface area contributed by atoms with Crippen molar-refractivity contribution in [2.45, 2.75) is 6.68 Å². The standard InChI is InChI=1S/C10H7I.CHF3/c11-10-7-3-5-8-4-1-2-6-9(8)10;2-1(3)4/h1-7H;1H. The fourth-order valence-corrected chi connectivity index (χ4v) is 1.88. The van der Waals surface area contributed by atoms with Crippen LogP contribution >= 0.6 is 22.6 Å². The quantitative estimate of drug-likeness (QED) is 0.620. The summed E-state index contributed by atoms with van der Waals surface area (Å²) in [4.78, 5) is 0. The summed E-state index contributed by atoms with van der Waals surface area (Å²) < 4.78 is 30.3. The lowest BCUT2D eigenvalue weighted by atomic mass is 10.1. The molecule has 0 bridgehead atoms. The van der Waals surface area contributed by atoms with Gasteiger partial charge in [-0.2, -0.15) is 13.2 Å². The van der Waals surface area contributed by atoms with Gasteiger partial charge in [0.05, 0.1) is 0 Å². The maximum absolute atomic E-state index is 9.67. The van der Waals surface area contributed by atoms with Crippen molar-refractivity contribution >= 4 is 33.4 Å². The molecule has 0 spiro atoms. The molecule has 2 aromatic rings. The fraction of sp³-hybridized carbons (Fsp3) is 0.0909. The lowest BCUT2D eigenvalue weighted by molar-refractivity contribution is 0.00819. The summed E-state index contributed by atoms with van der Waals surface area (Å²) in [6.07, 6.45) is 0. The van der Waals surface area contributed by atoms with Crippen molar-refractivity contribution in [3.05, 3.63) is 46.0 Å². The average Bonchev–Trinajstić information content (AvgIpc) is 2.18. The van der Waals surface area contributed by atoms with Crippen molar-refractivity contribution in [3.63, 3.8) is 0 Å². The minimum absolute atomic E-state index is 1.32. The van der Waals surface area contributed by atoms with Crippen LogP contribution in [-0.4, -0.2) is 6.68 Å². The highest BCUT2D eigenvalue weighted by Crippen LogP contribution is 2.19. The Labute approximate surface area is 99.2 Å². The van der Waals surface area contributed by atoms with Crippen molar-refractivity contribution in [3.8, 4) is 0 Å². The third kappa shape index (κ3) is 4.07. The molecule has 0 aromatic heterocycles. The minimum Gasteiger partial charge on any atom is -0.174 e. The fourth-order valence-electron chi connectivity index (χ4n) is 1.19. The van der Waals surface area contributed by atoms with Crippen LogP contribution in [0.3, 0.4) is 0 Å². The van der Waals surface area contributed by atoms with E-state index >= 15 is 0 Å². The van der Waals surface area contributed by atoms with E-state index in [1.165, 1.54) is 14.3 Å². The molecule has 0 aliphatic heterocycles. The summed E-state index contributed by atoms with van der Waals surface area (Å²) >= 11 is 2.36. The molecule has 0 saturated heterocycles. The van der Waals surface area contributed by atoms with E-state index in [9.17, 15) is 13.2 Å². The van der Waals surface area contributed by atoms with Gasteiger partial charge in [-0.25, -0.2) is 0 Å². The monoisotopic (exact) mass is 324 g/mol. The molecule has 0 unspecified atom stereocenters.